The first kappa shape index (κ1) is 17.3. The van der Waals surface area contributed by atoms with E-state index in [1.165, 1.54) is 6.92 Å². The van der Waals surface area contributed by atoms with E-state index < -0.39 is 43.2 Å². The molecule has 5 atom stereocenters. The smallest absolute Gasteiger partial charge is 0.217 e. The Morgan fingerprint density at radius 3 is 2.50 bits per heavy atom. The summed E-state index contributed by atoms with van der Waals surface area (Å²) in [4.78, 5) is 11.1. The molecule has 20 heavy (non-hydrogen) atoms. The summed E-state index contributed by atoms with van der Waals surface area (Å²) in [5.41, 5.74) is 0. The summed E-state index contributed by atoms with van der Waals surface area (Å²) >= 11 is 0. The van der Waals surface area contributed by atoms with Gasteiger partial charge in [0.15, 0.2) is 6.29 Å². The van der Waals surface area contributed by atoms with Crippen LogP contribution in [0, 0.1) is 0 Å². The molecule has 0 saturated carbocycles. The van der Waals surface area contributed by atoms with Crippen molar-refractivity contribution in [3.8, 4) is 0 Å². The van der Waals surface area contributed by atoms with Crippen molar-refractivity contribution in [1.29, 1.82) is 0 Å². The minimum Gasteiger partial charge on any atom is -0.396 e. The highest BCUT2D eigenvalue weighted by Gasteiger charge is 2.45. The van der Waals surface area contributed by atoms with Gasteiger partial charge >= 0.3 is 0 Å². The molecular formula is C12H23NO7. The minimum absolute atomic E-state index is 0.0462. The van der Waals surface area contributed by atoms with E-state index >= 15 is 0 Å². The van der Waals surface area contributed by atoms with Crippen LogP contribution in [0.25, 0.3) is 0 Å². The van der Waals surface area contributed by atoms with Crippen LogP contribution in [-0.4, -0.2) is 76.8 Å². The second kappa shape index (κ2) is 8.50. The van der Waals surface area contributed by atoms with Crippen molar-refractivity contribution < 1.29 is 34.7 Å². The van der Waals surface area contributed by atoms with Crippen LogP contribution < -0.4 is 5.32 Å². The Bertz CT molecular complexity index is 302. The number of carbonyl (C=O) groups is 1. The van der Waals surface area contributed by atoms with Crippen LogP contribution in [0.3, 0.4) is 0 Å². The molecule has 1 aliphatic heterocycles. The zero-order valence-electron chi connectivity index (χ0n) is 11.4. The lowest BCUT2D eigenvalue weighted by Crippen LogP contribution is -2.64. The molecule has 118 valence electrons. The lowest BCUT2D eigenvalue weighted by molar-refractivity contribution is -0.270. The summed E-state index contributed by atoms with van der Waals surface area (Å²) in [6, 6.07) is -0.917. The van der Waals surface area contributed by atoms with Crippen molar-refractivity contribution >= 4 is 5.91 Å². The maximum atomic E-state index is 11.1. The number of rotatable bonds is 7. The molecule has 5 N–H and O–H groups in total. The fourth-order valence-electron chi connectivity index (χ4n) is 2.03. The van der Waals surface area contributed by atoms with Crippen LogP contribution in [-0.2, 0) is 14.3 Å². The van der Waals surface area contributed by atoms with Gasteiger partial charge in [0.1, 0.15) is 24.4 Å². The van der Waals surface area contributed by atoms with E-state index in [1.54, 1.807) is 0 Å². The van der Waals surface area contributed by atoms with Crippen molar-refractivity contribution in [2.45, 2.75) is 50.4 Å². The molecule has 8 nitrogen and oxygen atoms in total. The molecule has 0 aliphatic carbocycles. The summed E-state index contributed by atoms with van der Waals surface area (Å²) in [5.74, 6) is -0.392. The average molecular weight is 293 g/mol. The SMILES string of the molecule is CC(=O)NC1C(OCCCCO)OC(CO)C(O)C1O. The predicted octanol–water partition coefficient (Wildman–Crippen LogP) is -2.28. The molecule has 5 unspecified atom stereocenters. The highest BCUT2D eigenvalue weighted by molar-refractivity contribution is 5.73. The van der Waals surface area contributed by atoms with E-state index in [0.717, 1.165) is 0 Å². The molecule has 1 rings (SSSR count). The second-order valence-corrected chi connectivity index (χ2v) is 4.73. The molecular weight excluding hydrogens is 270 g/mol. The van der Waals surface area contributed by atoms with Gasteiger partial charge < -0.3 is 35.2 Å². The number of hydrogen-bond donors (Lipinski definition) is 5. The van der Waals surface area contributed by atoms with Crippen molar-refractivity contribution in [3.05, 3.63) is 0 Å². The first-order chi connectivity index (χ1) is 9.51. The average Bonchev–Trinajstić information content (AvgIpc) is 2.41. The number of hydrogen-bond acceptors (Lipinski definition) is 7. The van der Waals surface area contributed by atoms with E-state index in [-0.39, 0.29) is 13.2 Å². The second-order valence-electron chi connectivity index (χ2n) is 4.73. The summed E-state index contributed by atoms with van der Waals surface area (Å²) in [6.07, 6.45) is -3.40. The Labute approximate surface area is 117 Å². The highest BCUT2D eigenvalue weighted by atomic mass is 16.7. The molecule has 8 heteroatoms. The van der Waals surface area contributed by atoms with Gasteiger partial charge in [-0.15, -0.1) is 0 Å². The fourth-order valence-corrected chi connectivity index (χ4v) is 2.03. The number of aliphatic hydroxyl groups is 4. The van der Waals surface area contributed by atoms with Crippen molar-refractivity contribution in [2.75, 3.05) is 19.8 Å². The molecule has 1 amide bonds. The van der Waals surface area contributed by atoms with Crippen LogP contribution in [0.15, 0.2) is 0 Å². The summed E-state index contributed by atoms with van der Waals surface area (Å²) < 4.78 is 10.8. The first-order valence-electron chi connectivity index (χ1n) is 6.63. The van der Waals surface area contributed by atoms with Gasteiger partial charge in [0.05, 0.1) is 6.61 Å². The topological polar surface area (TPSA) is 128 Å². The maximum Gasteiger partial charge on any atom is 0.217 e. The number of nitrogens with one attached hydrogen (secondary N) is 1. The maximum absolute atomic E-state index is 11.1. The fraction of sp³-hybridized carbons (Fsp3) is 0.917. The molecule has 1 aliphatic rings. The molecule has 0 radical (unpaired) electrons. The Morgan fingerprint density at radius 2 is 1.95 bits per heavy atom. The van der Waals surface area contributed by atoms with Crippen LogP contribution in [0.5, 0.6) is 0 Å². The molecule has 0 aromatic carbocycles. The van der Waals surface area contributed by atoms with Crippen molar-refractivity contribution in [2.24, 2.45) is 0 Å². The first-order valence-corrected chi connectivity index (χ1v) is 6.63. The van der Waals surface area contributed by atoms with Crippen molar-refractivity contribution in [3.63, 3.8) is 0 Å². The van der Waals surface area contributed by atoms with E-state index in [4.69, 9.17) is 19.7 Å². The number of carbonyl (C=O) groups excluding carboxylic acids is 1. The Kier molecular flexibility index (Phi) is 7.35. The van der Waals surface area contributed by atoms with E-state index in [9.17, 15) is 15.0 Å². The largest absolute Gasteiger partial charge is 0.396 e. The molecule has 0 spiro atoms. The Hall–Kier alpha value is -0.770. The Balaban J connectivity index is 2.65. The van der Waals surface area contributed by atoms with Crippen LogP contribution >= 0.6 is 0 Å². The van der Waals surface area contributed by atoms with Gasteiger partial charge in [-0.2, -0.15) is 0 Å². The number of ether oxygens (including phenoxy) is 2. The quantitative estimate of drug-likeness (QED) is 0.334. The molecule has 0 aromatic heterocycles. The van der Waals surface area contributed by atoms with Gasteiger partial charge in [-0.05, 0) is 12.8 Å². The van der Waals surface area contributed by atoms with E-state index in [0.29, 0.717) is 12.8 Å². The van der Waals surface area contributed by atoms with Gasteiger partial charge in [0.2, 0.25) is 5.91 Å². The number of aliphatic hydroxyl groups excluding tert-OH is 4. The lowest BCUT2D eigenvalue weighted by Gasteiger charge is -2.42. The van der Waals surface area contributed by atoms with Gasteiger partial charge in [-0.1, -0.05) is 0 Å². The third-order valence-electron chi connectivity index (χ3n) is 3.09. The van der Waals surface area contributed by atoms with Crippen LogP contribution in [0.4, 0.5) is 0 Å². The molecule has 0 aromatic rings. The van der Waals surface area contributed by atoms with E-state index in [2.05, 4.69) is 5.32 Å². The van der Waals surface area contributed by atoms with Crippen LogP contribution in [0.2, 0.25) is 0 Å². The molecule has 1 heterocycles. The predicted molar refractivity (Wildman–Crippen MR) is 67.6 cm³/mol. The van der Waals surface area contributed by atoms with Crippen LogP contribution in [0.1, 0.15) is 19.8 Å². The lowest BCUT2D eigenvalue weighted by atomic mass is 9.97. The van der Waals surface area contributed by atoms with Gasteiger partial charge in [0.25, 0.3) is 0 Å². The third-order valence-corrected chi connectivity index (χ3v) is 3.09. The zero-order valence-corrected chi connectivity index (χ0v) is 11.4. The zero-order chi connectivity index (χ0) is 15.1. The highest BCUT2D eigenvalue weighted by Crippen LogP contribution is 2.22. The minimum atomic E-state index is -1.31. The summed E-state index contributed by atoms with van der Waals surface area (Å²) in [5, 5.41) is 40.0. The summed E-state index contributed by atoms with van der Waals surface area (Å²) in [7, 11) is 0. The number of amides is 1. The molecule has 0 bridgehead atoms. The number of unbranched alkanes of at least 4 members (excludes halogenated alkanes) is 1. The normalized spacial score (nSPS) is 34.0. The standard InChI is InChI=1S/C12H23NO7/c1-7(16)13-9-11(18)10(17)8(6-15)20-12(9)19-5-3-2-4-14/h8-12,14-15,17-18H,2-6H2,1H3,(H,13,16). The van der Waals surface area contributed by atoms with E-state index in [1.807, 2.05) is 0 Å². The Morgan fingerprint density at radius 1 is 1.25 bits per heavy atom. The van der Waals surface area contributed by atoms with Crippen molar-refractivity contribution in [1.82, 2.24) is 5.32 Å². The van der Waals surface area contributed by atoms with Gasteiger partial charge in [-0.25, -0.2) is 0 Å². The van der Waals surface area contributed by atoms with Gasteiger partial charge in [-0.3, -0.25) is 4.79 Å². The third kappa shape index (κ3) is 4.65. The summed E-state index contributed by atoms with van der Waals surface area (Å²) in [6.45, 7) is 1.12. The molecule has 1 fully saturated rings. The monoisotopic (exact) mass is 293 g/mol. The van der Waals surface area contributed by atoms with Gasteiger partial charge in [0, 0.05) is 20.1 Å². The molecule has 1 saturated heterocycles.